The summed E-state index contributed by atoms with van der Waals surface area (Å²) in [6, 6.07) is 0.321. The molecule has 4 heteroatoms. The van der Waals surface area contributed by atoms with Crippen LogP contribution in [0.25, 0.3) is 0 Å². The number of allylic oxidation sites excluding steroid dienone is 4. The average molecular weight is 274 g/mol. The zero-order valence-corrected chi connectivity index (χ0v) is 12.6. The van der Waals surface area contributed by atoms with Gasteiger partial charge in [-0.05, 0) is 5.92 Å². The van der Waals surface area contributed by atoms with Gasteiger partial charge in [0.1, 0.15) is 0 Å². The fourth-order valence-electron chi connectivity index (χ4n) is 1.85. The van der Waals surface area contributed by atoms with Crippen molar-refractivity contribution in [2.24, 2.45) is 0 Å². The number of ether oxygens (including phenoxy) is 2. The molecule has 108 valence electrons. The predicted molar refractivity (Wildman–Crippen MR) is 81.4 cm³/mol. The Morgan fingerprint density at radius 3 is 2.45 bits per heavy atom. The Hall–Kier alpha value is -2.10. The van der Waals surface area contributed by atoms with Crippen molar-refractivity contribution in [3.63, 3.8) is 0 Å². The highest BCUT2D eigenvalue weighted by atomic mass is 16.5. The number of methoxy groups -OCH3 is 2. The van der Waals surface area contributed by atoms with Gasteiger partial charge >= 0.3 is 6.01 Å². The molecule has 0 N–H and O–H groups in total. The van der Waals surface area contributed by atoms with Crippen LogP contribution in [-0.4, -0.2) is 24.2 Å². The van der Waals surface area contributed by atoms with E-state index in [1.165, 1.54) is 0 Å². The van der Waals surface area contributed by atoms with Gasteiger partial charge in [-0.2, -0.15) is 9.97 Å². The van der Waals surface area contributed by atoms with Crippen LogP contribution in [0.15, 0.2) is 37.0 Å². The van der Waals surface area contributed by atoms with Crippen LogP contribution in [0.5, 0.6) is 11.9 Å². The van der Waals surface area contributed by atoms with Crippen molar-refractivity contribution in [1.29, 1.82) is 0 Å². The molecule has 0 bridgehead atoms. The third kappa shape index (κ3) is 3.95. The van der Waals surface area contributed by atoms with Gasteiger partial charge in [0, 0.05) is 12.0 Å². The van der Waals surface area contributed by atoms with Crippen LogP contribution in [0.3, 0.4) is 0 Å². The molecule has 0 saturated heterocycles. The molecule has 1 aromatic heterocycles. The summed E-state index contributed by atoms with van der Waals surface area (Å²) in [6.45, 7) is 11.8. The Morgan fingerprint density at radius 2 is 1.95 bits per heavy atom. The van der Waals surface area contributed by atoms with E-state index in [0.717, 1.165) is 16.8 Å². The summed E-state index contributed by atoms with van der Waals surface area (Å²) < 4.78 is 10.5. The van der Waals surface area contributed by atoms with Gasteiger partial charge < -0.3 is 9.47 Å². The fourth-order valence-corrected chi connectivity index (χ4v) is 1.85. The zero-order valence-electron chi connectivity index (χ0n) is 12.6. The molecule has 0 aromatic carbocycles. The van der Waals surface area contributed by atoms with E-state index >= 15 is 0 Å². The SMILES string of the molecule is C=C/C=C\C(=C)Cc1c(OC)nc(OC)nc1C(C)C. The van der Waals surface area contributed by atoms with Gasteiger partial charge in [0.15, 0.2) is 0 Å². The van der Waals surface area contributed by atoms with Crippen molar-refractivity contribution in [1.82, 2.24) is 9.97 Å². The van der Waals surface area contributed by atoms with Crippen molar-refractivity contribution in [3.8, 4) is 11.9 Å². The summed E-state index contributed by atoms with van der Waals surface area (Å²) in [5.41, 5.74) is 2.81. The Bertz CT molecular complexity index is 519. The molecule has 0 radical (unpaired) electrons. The molecule has 1 rings (SSSR count). The van der Waals surface area contributed by atoms with Crippen LogP contribution in [0.1, 0.15) is 31.0 Å². The Balaban J connectivity index is 3.24. The van der Waals surface area contributed by atoms with Gasteiger partial charge in [0.05, 0.1) is 19.9 Å². The van der Waals surface area contributed by atoms with E-state index in [-0.39, 0.29) is 5.92 Å². The first kappa shape index (κ1) is 16.0. The second-order valence-corrected chi connectivity index (χ2v) is 4.67. The number of hydrogen-bond acceptors (Lipinski definition) is 4. The van der Waals surface area contributed by atoms with E-state index in [1.807, 2.05) is 12.2 Å². The monoisotopic (exact) mass is 274 g/mol. The van der Waals surface area contributed by atoms with Gasteiger partial charge in [-0.3, -0.25) is 0 Å². The molecule has 0 spiro atoms. The molecule has 0 aliphatic rings. The summed E-state index contributed by atoms with van der Waals surface area (Å²) in [5.74, 6) is 0.778. The van der Waals surface area contributed by atoms with Crippen molar-refractivity contribution < 1.29 is 9.47 Å². The van der Waals surface area contributed by atoms with E-state index in [1.54, 1.807) is 20.3 Å². The number of aromatic nitrogens is 2. The first-order valence-corrected chi connectivity index (χ1v) is 6.49. The molecular weight excluding hydrogens is 252 g/mol. The van der Waals surface area contributed by atoms with Crippen LogP contribution < -0.4 is 9.47 Å². The Morgan fingerprint density at radius 1 is 1.25 bits per heavy atom. The highest BCUT2D eigenvalue weighted by molar-refractivity contribution is 5.39. The predicted octanol–water partition coefficient (Wildman–Crippen LogP) is 3.46. The molecule has 0 unspecified atom stereocenters. The minimum Gasteiger partial charge on any atom is -0.481 e. The summed E-state index contributed by atoms with van der Waals surface area (Å²) >= 11 is 0. The highest BCUT2D eigenvalue weighted by Gasteiger charge is 2.18. The maximum absolute atomic E-state index is 5.37. The molecule has 0 aliphatic carbocycles. The summed E-state index contributed by atoms with van der Waals surface area (Å²) in [6.07, 6.45) is 6.12. The summed E-state index contributed by atoms with van der Waals surface area (Å²) in [7, 11) is 3.14. The Labute approximate surface area is 120 Å². The van der Waals surface area contributed by atoms with E-state index in [2.05, 4.69) is 37.0 Å². The van der Waals surface area contributed by atoms with E-state index in [0.29, 0.717) is 18.3 Å². The van der Waals surface area contributed by atoms with Crippen molar-refractivity contribution in [2.45, 2.75) is 26.2 Å². The molecule has 1 heterocycles. The van der Waals surface area contributed by atoms with Crippen molar-refractivity contribution >= 4 is 0 Å². The minimum absolute atomic E-state index is 0.243. The number of rotatable bonds is 7. The Kier molecular flexibility index (Phi) is 5.97. The number of hydrogen-bond donors (Lipinski definition) is 0. The van der Waals surface area contributed by atoms with Gasteiger partial charge in [-0.1, -0.05) is 50.8 Å². The van der Waals surface area contributed by atoms with Crippen LogP contribution in [0.4, 0.5) is 0 Å². The molecule has 0 aliphatic heterocycles. The number of nitrogens with zero attached hydrogens (tertiary/aromatic N) is 2. The van der Waals surface area contributed by atoms with Gasteiger partial charge in [0.2, 0.25) is 5.88 Å². The summed E-state index contributed by atoms with van der Waals surface area (Å²) in [4.78, 5) is 8.68. The quantitative estimate of drug-likeness (QED) is 0.714. The molecule has 20 heavy (non-hydrogen) atoms. The summed E-state index contributed by atoms with van der Waals surface area (Å²) in [5, 5.41) is 0. The van der Waals surface area contributed by atoms with Gasteiger partial charge in [0.25, 0.3) is 0 Å². The molecular formula is C16H22N2O2. The van der Waals surface area contributed by atoms with Gasteiger partial charge in [-0.25, -0.2) is 0 Å². The minimum atomic E-state index is 0.243. The second-order valence-electron chi connectivity index (χ2n) is 4.67. The normalized spacial score (nSPS) is 10.8. The highest BCUT2D eigenvalue weighted by Crippen LogP contribution is 2.29. The fraction of sp³-hybridized carbons (Fsp3) is 0.375. The maximum Gasteiger partial charge on any atom is 0.319 e. The first-order valence-electron chi connectivity index (χ1n) is 6.49. The molecule has 0 saturated carbocycles. The molecule has 0 atom stereocenters. The zero-order chi connectivity index (χ0) is 15.1. The standard InChI is InChI=1S/C16H22N2O2/c1-7-8-9-12(4)10-13-14(11(2)3)17-16(20-6)18-15(13)19-5/h7-9,11H,1,4,10H2,2-3,5-6H3/b9-8-. The largest absolute Gasteiger partial charge is 0.481 e. The topological polar surface area (TPSA) is 44.2 Å². The van der Waals surface area contributed by atoms with E-state index in [4.69, 9.17) is 9.47 Å². The lowest BCUT2D eigenvalue weighted by Crippen LogP contribution is -2.08. The third-order valence-electron chi connectivity index (χ3n) is 2.78. The lowest BCUT2D eigenvalue weighted by atomic mass is 9.99. The smallest absolute Gasteiger partial charge is 0.319 e. The van der Waals surface area contributed by atoms with E-state index < -0.39 is 0 Å². The van der Waals surface area contributed by atoms with Crippen molar-refractivity contribution in [3.05, 3.63) is 48.2 Å². The lowest BCUT2D eigenvalue weighted by Gasteiger charge is -2.16. The molecule has 4 nitrogen and oxygen atoms in total. The molecule has 1 aromatic rings. The van der Waals surface area contributed by atoms with Crippen LogP contribution in [0, 0.1) is 0 Å². The lowest BCUT2D eigenvalue weighted by molar-refractivity contribution is 0.346. The first-order chi connectivity index (χ1) is 9.53. The van der Waals surface area contributed by atoms with Crippen LogP contribution in [-0.2, 0) is 6.42 Å². The van der Waals surface area contributed by atoms with Gasteiger partial charge in [-0.15, -0.1) is 0 Å². The third-order valence-corrected chi connectivity index (χ3v) is 2.78. The van der Waals surface area contributed by atoms with Crippen LogP contribution >= 0.6 is 0 Å². The average Bonchev–Trinajstić information content (AvgIpc) is 2.44. The maximum atomic E-state index is 5.37. The second kappa shape index (κ2) is 7.48. The van der Waals surface area contributed by atoms with Crippen molar-refractivity contribution in [2.75, 3.05) is 14.2 Å². The molecule has 0 amide bonds. The molecule has 0 fully saturated rings. The van der Waals surface area contributed by atoms with E-state index in [9.17, 15) is 0 Å². The van der Waals surface area contributed by atoms with Crippen LogP contribution in [0.2, 0.25) is 0 Å².